The number of nitrogens with two attached hydrogens (primary N) is 1. The van der Waals surface area contributed by atoms with Gasteiger partial charge in [0.1, 0.15) is 0 Å². The first-order valence-electron chi connectivity index (χ1n) is 4.87. The summed E-state index contributed by atoms with van der Waals surface area (Å²) in [4.78, 5) is 13.0. The van der Waals surface area contributed by atoms with Gasteiger partial charge in [-0.05, 0) is 24.8 Å². The first-order valence-corrected chi connectivity index (χ1v) is 4.87. The van der Waals surface area contributed by atoms with Crippen LogP contribution in [0, 0.1) is 11.8 Å². The lowest BCUT2D eigenvalue weighted by molar-refractivity contribution is -0.129. The molecular formula is C10H22N2O. The smallest absolute Gasteiger partial charge is 0.222 e. The highest BCUT2D eigenvalue weighted by Crippen LogP contribution is 2.14. The molecule has 0 heterocycles. The third-order valence-corrected chi connectivity index (χ3v) is 2.10. The van der Waals surface area contributed by atoms with E-state index in [1.807, 2.05) is 0 Å². The van der Waals surface area contributed by atoms with E-state index in [9.17, 15) is 4.79 Å². The van der Waals surface area contributed by atoms with Gasteiger partial charge in [0.25, 0.3) is 0 Å². The fourth-order valence-corrected chi connectivity index (χ4v) is 1.36. The van der Waals surface area contributed by atoms with E-state index < -0.39 is 0 Å². The third-order valence-electron chi connectivity index (χ3n) is 2.10. The maximum atomic E-state index is 11.4. The van der Waals surface area contributed by atoms with Gasteiger partial charge in [-0.2, -0.15) is 0 Å². The molecule has 0 bridgehead atoms. The van der Waals surface area contributed by atoms with Crippen LogP contribution in [0.1, 0.15) is 26.7 Å². The van der Waals surface area contributed by atoms with Crippen LogP contribution >= 0.6 is 0 Å². The minimum Gasteiger partial charge on any atom is -0.349 e. The summed E-state index contributed by atoms with van der Waals surface area (Å²) in [5, 5.41) is 0. The SMILES string of the molecule is CC(C)C[C@H](CN)CC(=O)N(C)C. The largest absolute Gasteiger partial charge is 0.349 e. The number of rotatable bonds is 5. The van der Waals surface area contributed by atoms with Crippen LogP contribution in [0.4, 0.5) is 0 Å². The maximum Gasteiger partial charge on any atom is 0.222 e. The van der Waals surface area contributed by atoms with Gasteiger partial charge in [0.2, 0.25) is 5.91 Å². The van der Waals surface area contributed by atoms with E-state index in [1.165, 1.54) is 0 Å². The molecule has 3 heteroatoms. The predicted octanol–water partition coefficient (Wildman–Crippen LogP) is 1.09. The van der Waals surface area contributed by atoms with Crippen molar-refractivity contribution in [3.63, 3.8) is 0 Å². The van der Waals surface area contributed by atoms with Crippen molar-refractivity contribution in [1.29, 1.82) is 0 Å². The highest BCUT2D eigenvalue weighted by atomic mass is 16.2. The van der Waals surface area contributed by atoms with Crippen LogP contribution < -0.4 is 5.73 Å². The van der Waals surface area contributed by atoms with Crippen molar-refractivity contribution in [1.82, 2.24) is 4.90 Å². The van der Waals surface area contributed by atoms with E-state index in [-0.39, 0.29) is 5.91 Å². The summed E-state index contributed by atoms with van der Waals surface area (Å²) >= 11 is 0. The van der Waals surface area contributed by atoms with Gasteiger partial charge in [0, 0.05) is 20.5 Å². The molecule has 0 aromatic heterocycles. The Hall–Kier alpha value is -0.570. The minimum atomic E-state index is 0.177. The van der Waals surface area contributed by atoms with Gasteiger partial charge in [-0.1, -0.05) is 13.8 Å². The van der Waals surface area contributed by atoms with Crippen LogP contribution in [-0.2, 0) is 4.79 Å². The fourth-order valence-electron chi connectivity index (χ4n) is 1.36. The van der Waals surface area contributed by atoms with Crippen molar-refractivity contribution in [3.8, 4) is 0 Å². The van der Waals surface area contributed by atoms with Crippen molar-refractivity contribution in [3.05, 3.63) is 0 Å². The second kappa shape index (κ2) is 5.97. The summed E-state index contributed by atoms with van der Waals surface area (Å²) < 4.78 is 0. The van der Waals surface area contributed by atoms with Gasteiger partial charge >= 0.3 is 0 Å². The molecule has 1 amide bonds. The molecule has 3 nitrogen and oxygen atoms in total. The van der Waals surface area contributed by atoms with Crippen LogP contribution in [0.15, 0.2) is 0 Å². The summed E-state index contributed by atoms with van der Waals surface area (Å²) in [5.41, 5.74) is 5.60. The molecule has 0 aromatic carbocycles. The van der Waals surface area contributed by atoms with E-state index in [4.69, 9.17) is 5.73 Å². The molecule has 0 aliphatic heterocycles. The van der Waals surface area contributed by atoms with Crippen molar-refractivity contribution < 1.29 is 4.79 Å². The third kappa shape index (κ3) is 5.64. The lowest BCUT2D eigenvalue weighted by Gasteiger charge is -2.18. The molecule has 2 N–H and O–H groups in total. The zero-order chi connectivity index (χ0) is 10.4. The quantitative estimate of drug-likeness (QED) is 0.698. The molecule has 0 aliphatic carbocycles. The lowest BCUT2D eigenvalue weighted by Crippen LogP contribution is -2.27. The Kier molecular flexibility index (Phi) is 5.71. The zero-order valence-electron chi connectivity index (χ0n) is 9.21. The van der Waals surface area contributed by atoms with Crippen molar-refractivity contribution >= 4 is 5.91 Å². The monoisotopic (exact) mass is 186 g/mol. The molecule has 0 saturated heterocycles. The van der Waals surface area contributed by atoms with Crippen LogP contribution in [0.25, 0.3) is 0 Å². The summed E-state index contributed by atoms with van der Waals surface area (Å²) in [7, 11) is 3.57. The summed E-state index contributed by atoms with van der Waals surface area (Å²) in [6, 6.07) is 0. The fraction of sp³-hybridized carbons (Fsp3) is 0.900. The molecule has 1 atom stereocenters. The normalized spacial score (nSPS) is 13.1. The second-order valence-electron chi connectivity index (χ2n) is 4.22. The zero-order valence-corrected chi connectivity index (χ0v) is 9.21. The Balaban J connectivity index is 3.90. The summed E-state index contributed by atoms with van der Waals surface area (Å²) in [6.07, 6.45) is 1.62. The average molecular weight is 186 g/mol. The van der Waals surface area contributed by atoms with Gasteiger partial charge in [-0.25, -0.2) is 0 Å². The Morgan fingerprint density at radius 3 is 2.23 bits per heavy atom. The Bertz CT molecular complexity index is 155. The van der Waals surface area contributed by atoms with E-state index in [1.54, 1.807) is 19.0 Å². The van der Waals surface area contributed by atoms with Crippen molar-refractivity contribution in [2.45, 2.75) is 26.7 Å². The van der Waals surface area contributed by atoms with E-state index >= 15 is 0 Å². The lowest BCUT2D eigenvalue weighted by atomic mass is 9.94. The van der Waals surface area contributed by atoms with Crippen molar-refractivity contribution in [2.75, 3.05) is 20.6 Å². The Labute approximate surface area is 81.3 Å². The summed E-state index contributed by atoms with van der Waals surface area (Å²) in [6.45, 7) is 4.92. The molecule has 13 heavy (non-hydrogen) atoms. The van der Waals surface area contributed by atoms with Gasteiger partial charge in [0.15, 0.2) is 0 Å². The molecule has 0 radical (unpaired) electrons. The first-order chi connectivity index (χ1) is 5.97. The molecule has 0 rings (SSSR count). The average Bonchev–Trinajstić information content (AvgIpc) is 2.02. The van der Waals surface area contributed by atoms with Crippen LogP contribution in [0.5, 0.6) is 0 Å². The number of hydrogen-bond acceptors (Lipinski definition) is 2. The number of amides is 1. The Morgan fingerprint density at radius 1 is 1.38 bits per heavy atom. The molecule has 0 fully saturated rings. The van der Waals surface area contributed by atoms with E-state index in [0.29, 0.717) is 24.8 Å². The van der Waals surface area contributed by atoms with Crippen LogP contribution in [-0.4, -0.2) is 31.4 Å². The molecule has 0 saturated carbocycles. The highest BCUT2D eigenvalue weighted by molar-refractivity contribution is 5.75. The van der Waals surface area contributed by atoms with E-state index in [2.05, 4.69) is 13.8 Å². The minimum absolute atomic E-state index is 0.177. The molecule has 0 aromatic rings. The highest BCUT2D eigenvalue weighted by Gasteiger charge is 2.14. The maximum absolute atomic E-state index is 11.4. The number of nitrogens with zero attached hydrogens (tertiary/aromatic N) is 1. The van der Waals surface area contributed by atoms with Gasteiger partial charge in [-0.3, -0.25) is 4.79 Å². The predicted molar refractivity (Wildman–Crippen MR) is 55.3 cm³/mol. The number of hydrogen-bond donors (Lipinski definition) is 1. The standard InChI is InChI=1S/C10H22N2O/c1-8(2)5-9(7-11)6-10(13)12(3)4/h8-9H,5-7,11H2,1-4H3/t9-/m0/s1. The Morgan fingerprint density at radius 2 is 1.92 bits per heavy atom. The van der Waals surface area contributed by atoms with Crippen LogP contribution in [0.3, 0.4) is 0 Å². The number of carbonyl (C=O) groups excluding carboxylic acids is 1. The van der Waals surface area contributed by atoms with Crippen molar-refractivity contribution in [2.24, 2.45) is 17.6 Å². The number of carbonyl (C=O) groups is 1. The molecule has 0 aliphatic rings. The molecular weight excluding hydrogens is 164 g/mol. The first kappa shape index (κ1) is 12.4. The van der Waals surface area contributed by atoms with Gasteiger partial charge < -0.3 is 10.6 Å². The molecule has 0 spiro atoms. The second-order valence-corrected chi connectivity index (χ2v) is 4.22. The van der Waals surface area contributed by atoms with Gasteiger partial charge in [0.05, 0.1) is 0 Å². The van der Waals surface area contributed by atoms with Crippen LogP contribution in [0.2, 0.25) is 0 Å². The molecule has 78 valence electrons. The van der Waals surface area contributed by atoms with Gasteiger partial charge in [-0.15, -0.1) is 0 Å². The summed E-state index contributed by atoms with van der Waals surface area (Å²) in [5.74, 6) is 1.13. The topological polar surface area (TPSA) is 46.3 Å². The molecule has 0 unspecified atom stereocenters. The van der Waals surface area contributed by atoms with E-state index in [0.717, 1.165) is 6.42 Å².